The number of nitrogens with two attached hydrogens (primary N) is 1. The van der Waals surface area contributed by atoms with Crippen LogP contribution in [-0.4, -0.2) is 42.8 Å². The predicted octanol–water partition coefficient (Wildman–Crippen LogP) is 0.357. The molecule has 1 rings (SSSR count). The lowest BCUT2D eigenvalue weighted by Gasteiger charge is -2.34. The Balaban J connectivity index is 2.63. The smallest absolute Gasteiger partial charge is 0.311 e. The van der Waals surface area contributed by atoms with Gasteiger partial charge in [-0.1, -0.05) is 20.8 Å². The van der Waals surface area contributed by atoms with E-state index in [0.717, 1.165) is 0 Å². The maximum atomic E-state index is 11.9. The van der Waals surface area contributed by atoms with Crippen LogP contribution in [0.1, 0.15) is 33.6 Å². The summed E-state index contributed by atoms with van der Waals surface area (Å²) in [7, 11) is 0. The first-order valence-electron chi connectivity index (χ1n) is 6.53. The van der Waals surface area contributed by atoms with Gasteiger partial charge >= 0.3 is 5.97 Å². The molecule has 6 heteroatoms. The summed E-state index contributed by atoms with van der Waals surface area (Å²) in [5.41, 5.74) is 4.57. The van der Waals surface area contributed by atoms with Crippen molar-refractivity contribution in [1.82, 2.24) is 5.32 Å². The lowest BCUT2D eigenvalue weighted by atomic mass is 9.80. The van der Waals surface area contributed by atoms with Gasteiger partial charge in [0.2, 0.25) is 5.91 Å². The highest BCUT2D eigenvalue weighted by Crippen LogP contribution is 2.30. The van der Waals surface area contributed by atoms with Crippen molar-refractivity contribution in [3.8, 4) is 0 Å². The van der Waals surface area contributed by atoms with Gasteiger partial charge in [-0.05, 0) is 18.3 Å². The summed E-state index contributed by atoms with van der Waals surface area (Å²) in [6.07, 6.45) is 0.820. The molecule has 1 aliphatic rings. The molecule has 0 aliphatic carbocycles. The van der Waals surface area contributed by atoms with Gasteiger partial charge in [-0.25, -0.2) is 0 Å². The lowest BCUT2D eigenvalue weighted by molar-refractivity contribution is -0.154. The van der Waals surface area contributed by atoms with Crippen molar-refractivity contribution in [2.45, 2.75) is 39.7 Å². The van der Waals surface area contributed by atoms with E-state index < -0.39 is 17.4 Å². The highest BCUT2D eigenvalue weighted by atomic mass is 16.5. The molecule has 1 saturated heterocycles. The second-order valence-electron chi connectivity index (χ2n) is 6.26. The monoisotopic (exact) mass is 272 g/mol. The zero-order valence-corrected chi connectivity index (χ0v) is 11.9. The Kier molecular flexibility index (Phi) is 4.92. The molecule has 0 aromatic carbocycles. The van der Waals surface area contributed by atoms with Gasteiger partial charge in [0.05, 0.1) is 11.5 Å². The SMILES string of the molecule is CC(C)(C)[C@@H](N)C(=O)NCC1(C(=O)O)CCOCC1. The van der Waals surface area contributed by atoms with Crippen LogP contribution < -0.4 is 11.1 Å². The first-order chi connectivity index (χ1) is 8.69. The molecule has 19 heavy (non-hydrogen) atoms. The Hall–Kier alpha value is -1.14. The van der Waals surface area contributed by atoms with E-state index in [1.807, 2.05) is 20.8 Å². The van der Waals surface area contributed by atoms with E-state index in [2.05, 4.69) is 5.32 Å². The zero-order chi connectivity index (χ0) is 14.7. The zero-order valence-electron chi connectivity index (χ0n) is 11.9. The standard InChI is InChI=1S/C13H24N2O4/c1-12(2,3)9(14)10(16)15-8-13(11(17)18)4-6-19-7-5-13/h9H,4-8,14H2,1-3H3,(H,15,16)(H,17,18)/t9-/m0/s1. The van der Waals surface area contributed by atoms with E-state index >= 15 is 0 Å². The van der Waals surface area contributed by atoms with Crippen LogP contribution >= 0.6 is 0 Å². The second kappa shape index (κ2) is 5.88. The van der Waals surface area contributed by atoms with E-state index in [-0.39, 0.29) is 17.9 Å². The van der Waals surface area contributed by atoms with Gasteiger partial charge in [0, 0.05) is 19.8 Å². The second-order valence-corrected chi connectivity index (χ2v) is 6.26. The Bertz CT molecular complexity index is 343. The fraction of sp³-hybridized carbons (Fsp3) is 0.846. The molecule has 6 nitrogen and oxygen atoms in total. The van der Waals surface area contributed by atoms with E-state index in [1.165, 1.54) is 0 Å². The van der Waals surface area contributed by atoms with E-state index in [9.17, 15) is 14.7 Å². The largest absolute Gasteiger partial charge is 0.481 e. The maximum absolute atomic E-state index is 11.9. The maximum Gasteiger partial charge on any atom is 0.311 e. The summed E-state index contributed by atoms with van der Waals surface area (Å²) in [5.74, 6) is -1.19. The van der Waals surface area contributed by atoms with E-state index in [0.29, 0.717) is 26.1 Å². The lowest BCUT2D eigenvalue weighted by Crippen LogP contribution is -2.53. The van der Waals surface area contributed by atoms with Gasteiger partial charge in [0.1, 0.15) is 0 Å². The molecule has 1 aliphatic heterocycles. The molecule has 0 saturated carbocycles. The van der Waals surface area contributed by atoms with Crippen molar-refractivity contribution >= 4 is 11.9 Å². The molecular weight excluding hydrogens is 248 g/mol. The topological polar surface area (TPSA) is 102 Å². The van der Waals surface area contributed by atoms with Crippen LogP contribution in [0.3, 0.4) is 0 Å². The summed E-state index contributed by atoms with van der Waals surface area (Å²) >= 11 is 0. The molecule has 0 aromatic rings. The van der Waals surface area contributed by atoms with Crippen LogP contribution in [0.4, 0.5) is 0 Å². The molecule has 1 amide bonds. The van der Waals surface area contributed by atoms with Crippen molar-refractivity contribution < 1.29 is 19.4 Å². The van der Waals surface area contributed by atoms with Crippen molar-refractivity contribution in [2.24, 2.45) is 16.6 Å². The number of carboxylic acid groups (broad SMARTS) is 1. The van der Waals surface area contributed by atoms with Crippen molar-refractivity contribution in [3.05, 3.63) is 0 Å². The van der Waals surface area contributed by atoms with Gasteiger partial charge in [-0.15, -0.1) is 0 Å². The molecule has 1 atom stereocenters. The molecule has 0 spiro atoms. The summed E-state index contributed by atoms with van der Waals surface area (Å²) in [6, 6.07) is -0.654. The summed E-state index contributed by atoms with van der Waals surface area (Å²) < 4.78 is 5.18. The summed E-state index contributed by atoms with van der Waals surface area (Å²) in [5, 5.41) is 12.0. The van der Waals surface area contributed by atoms with Gasteiger partial charge in [-0.3, -0.25) is 9.59 Å². The summed E-state index contributed by atoms with van der Waals surface area (Å²) in [4.78, 5) is 23.4. The van der Waals surface area contributed by atoms with Gasteiger partial charge in [0.25, 0.3) is 0 Å². The highest BCUT2D eigenvalue weighted by molar-refractivity contribution is 5.83. The first-order valence-corrected chi connectivity index (χ1v) is 6.53. The third-order valence-electron chi connectivity index (χ3n) is 3.72. The minimum absolute atomic E-state index is 0.105. The normalized spacial score (nSPS) is 20.6. The number of carbonyl (C=O) groups is 2. The van der Waals surface area contributed by atoms with Crippen molar-refractivity contribution in [3.63, 3.8) is 0 Å². The van der Waals surface area contributed by atoms with Crippen LogP contribution in [0, 0.1) is 10.8 Å². The Morgan fingerprint density at radius 1 is 1.37 bits per heavy atom. The molecule has 0 radical (unpaired) electrons. The van der Waals surface area contributed by atoms with Crippen LogP contribution in [-0.2, 0) is 14.3 Å². The molecule has 1 heterocycles. The number of carbonyl (C=O) groups excluding carboxylic acids is 1. The predicted molar refractivity (Wildman–Crippen MR) is 70.6 cm³/mol. The third-order valence-corrected chi connectivity index (χ3v) is 3.72. The molecule has 0 bridgehead atoms. The van der Waals surface area contributed by atoms with Gasteiger partial charge < -0.3 is 20.9 Å². The fourth-order valence-electron chi connectivity index (χ4n) is 1.99. The molecule has 4 N–H and O–H groups in total. The summed E-state index contributed by atoms with van der Waals surface area (Å²) in [6.45, 7) is 6.55. The number of aliphatic carboxylic acids is 1. The fourth-order valence-corrected chi connectivity index (χ4v) is 1.99. The van der Waals surface area contributed by atoms with Crippen LogP contribution in [0.25, 0.3) is 0 Å². The Morgan fingerprint density at radius 3 is 2.32 bits per heavy atom. The number of hydrogen-bond acceptors (Lipinski definition) is 4. The Morgan fingerprint density at radius 2 is 1.89 bits per heavy atom. The quantitative estimate of drug-likeness (QED) is 0.685. The minimum atomic E-state index is -0.925. The van der Waals surface area contributed by atoms with E-state index in [4.69, 9.17) is 10.5 Å². The number of rotatable bonds is 4. The number of carboxylic acids is 1. The molecule has 110 valence electrons. The molecule has 1 fully saturated rings. The minimum Gasteiger partial charge on any atom is -0.481 e. The van der Waals surface area contributed by atoms with Crippen molar-refractivity contribution in [2.75, 3.05) is 19.8 Å². The number of ether oxygens (including phenoxy) is 1. The number of amides is 1. The molecule has 0 aromatic heterocycles. The van der Waals surface area contributed by atoms with Crippen LogP contribution in [0.5, 0.6) is 0 Å². The Labute approximate surface area is 113 Å². The van der Waals surface area contributed by atoms with Crippen LogP contribution in [0.2, 0.25) is 0 Å². The number of hydrogen-bond donors (Lipinski definition) is 3. The number of nitrogens with one attached hydrogen (secondary N) is 1. The highest BCUT2D eigenvalue weighted by Gasteiger charge is 2.41. The average Bonchev–Trinajstić information content (AvgIpc) is 2.34. The van der Waals surface area contributed by atoms with Crippen molar-refractivity contribution in [1.29, 1.82) is 0 Å². The third kappa shape index (κ3) is 3.91. The van der Waals surface area contributed by atoms with Crippen LogP contribution in [0.15, 0.2) is 0 Å². The molecule has 0 unspecified atom stereocenters. The van der Waals surface area contributed by atoms with Gasteiger partial charge in [0.15, 0.2) is 0 Å². The first kappa shape index (κ1) is 15.9. The molecular formula is C13H24N2O4. The van der Waals surface area contributed by atoms with E-state index in [1.54, 1.807) is 0 Å². The van der Waals surface area contributed by atoms with Gasteiger partial charge in [-0.2, -0.15) is 0 Å². The average molecular weight is 272 g/mol.